The first-order valence-corrected chi connectivity index (χ1v) is 9.77. The predicted molar refractivity (Wildman–Crippen MR) is 115 cm³/mol. The molecule has 10 heteroatoms. The fraction of sp³-hybridized carbons (Fsp3) is 0.200. The lowest BCUT2D eigenvalue weighted by atomic mass is 10.2. The molecule has 0 fully saturated rings. The van der Waals surface area contributed by atoms with Crippen LogP contribution >= 0.6 is 15.9 Å². The Balaban J connectivity index is 2.15. The molecule has 30 heavy (non-hydrogen) atoms. The lowest BCUT2D eigenvalue weighted by molar-refractivity contribution is -0.384. The molecule has 0 amide bonds. The number of nitriles is 1. The lowest BCUT2D eigenvalue weighted by Gasteiger charge is -2.09. The highest BCUT2D eigenvalue weighted by Crippen LogP contribution is 2.23. The van der Waals surface area contributed by atoms with E-state index in [1.807, 2.05) is 13.0 Å². The van der Waals surface area contributed by atoms with Crippen molar-refractivity contribution >= 4 is 38.7 Å². The van der Waals surface area contributed by atoms with Gasteiger partial charge < -0.3 is 4.74 Å². The summed E-state index contributed by atoms with van der Waals surface area (Å²) in [6, 6.07) is 11.0. The van der Waals surface area contributed by atoms with Crippen LogP contribution in [0.25, 0.3) is 10.9 Å². The number of hydrogen-bond acceptors (Lipinski definition) is 7. The highest BCUT2D eigenvalue weighted by atomic mass is 79.9. The van der Waals surface area contributed by atoms with Gasteiger partial charge >= 0.3 is 0 Å². The van der Waals surface area contributed by atoms with E-state index >= 15 is 0 Å². The molecule has 3 aromatic rings. The molecule has 0 aliphatic rings. The predicted octanol–water partition coefficient (Wildman–Crippen LogP) is 3.80. The molecule has 0 bridgehead atoms. The quantitative estimate of drug-likeness (QED) is 0.294. The molecule has 0 aliphatic carbocycles. The van der Waals surface area contributed by atoms with Crippen molar-refractivity contribution in [3.05, 3.63) is 72.7 Å². The minimum absolute atomic E-state index is 0.164. The SMILES string of the molecule is CCCc1nc2ccc(Br)cc2c(=O)n1N=Cc1cc([N+](=O)[O-])ccc1OCC#N. The number of non-ortho nitro benzene ring substituents is 1. The molecule has 0 unspecified atom stereocenters. The van der Waals surface area contributed by atoms with Crippen molar-refractivity contribution in [2.24, 2.45) is 5.10 Å². The molecule has 1 aromatic heterocycles. The maximum Gasteiger partial charge on any atom is 0.282 e. The van der Waals surface area contributed by atoms with E-state index in [0.717, 1.165) is 10.9 Å². The summed E-state index contributed by atoms with van der Waals surface area (Å²) >= 11 is 3.35. The summed E-state index contributed by atoms with van der Waals surface area (Å²) in [5, 5.41) is 24.5. The van der Waals surface area contributed by atoms with E-state index in [1.165, 1.54) is 29.1 Å². The van der Waals surface area contributed by atoms with Crippen LogP contribution < -0.4 is 10.3 Å². The minimum Gasteiger partial charge on any atom is -0.478 e. The Morgan fingerprint density at radius 1 is 1.37 bits per heavy atom. The monoisotopic (exact) mass is 469 g/mol. The summed E-state index contributed by atoms with van der Waals surface area (Å²) in [5.41, 5.74) is 0.308. The van der Waals surface area contributed by atoms with Gasteiger partial charge in [0, 0.05) is 28.6 Å². The van der Waals surface area contributed by atoms with E-state index in [-0.39, 0.29) is 29.2 Å². The molecule has 9 nitrogen and oxygen atoms in total. The van der Waals surface area contributed by atoms with Crippen LogP contribution in [0.5, 0.6) is 5.75 Å². The fourth-order valence-electron chi connectivity index (χ4n) is 2.81. The van der Waals surface area contributed by atoms with Gasteiger partial charge in [0.2, 0.25) is 0 Å². The molecule has 0 spiro atoms. The number of aryl methyl sites for hydroxylation is 1. The van der Waals surface area contributed by atoms with Crippen molar-refractivity contribution in [1.82, 2.24) is 9.66 Å². The smallest absolute Gasteiger partial charge is 0.282 e. The highest BCUT2D eigenvalue weighted by molar-refractivity contribution is 9.10. The third kappa shape index (κ3) is 4.52. The first kappa shape index (κ1) is 21.1. The Morgan fingerprint density at radius 2 is 2.17 bits per heavy atom. The molecule has 3 rings (SSSR count). The fourth-order valence-corrected chi connectivity index (χ4v) is 3.17. The first-order valence-electron chi connectivity index (χ1n) is 8.98. The molecule has 0 radical (unpaired) electrons. The zero-order valence-corrected chi connectivity index (χ0v) is 17.5. The van der Waals surface area contributed by atoms with Gasteiger partial charge in [0.25, 0.3) is 11.2 Å². The van der Waals surface area contributed by atoms with E-state index in [1.54, 1.807) is 18.2 Å². The maximum absolute atomic E-state index is 13.0. The Morgan fingerprint density at radius 3 is 2.87 bits per heavy atom. The topological polar surface area (TPSA) is 123 Å². The number of rotatable bonds is 7. The largest absolute Gasteiger partial charge is 0.478 e. The van der Waals surface area contributed by atoms with Gasteiger partial charge in [-0.05, 0) is 30.7 Å². The molecule has 0 saturated carbocycles. The van der Waals surface area contributed by atoms with Gasteiger partial charge in [-0.1, -0.05) is 22.9 Å². The Labute approximate surface area is 179 Å². The van der Waals surface area contributed by atoms with Gasteiger partial charge in [-0.2, -0.15) is 15.0 Å². The van der Waals surface area contributed by atoms with E-state index in [9.17, 15) is 14.9 Å². The van der Waals surface area contributed by atoms with Crippen LogP contribution in [0, 0.1) is 21.4 Å². The zero-order chi connectivity index (χ0) is 21.7. The van der Waals surface area contributed by atoms with Crippen LogP contribution in [-0.4, -0.2) is 27.4 Å². The number of benzene rings is 2. The van der Waals surface area contributed by atoms with Gasteiger partial charge in [0.05, 0.1) is 22.0 Å². The van der Waals surface area contributed by atoms with Crippen molar-refractivity contribution in [2.45, 2.75) is 19.8 Å². The highest BCUT2D eigenvalue weighted by Gasteiger charge is 2.13. The van der Waals surface area contributed by atoms with Crippen LogP contribution in [0.1, 0.15) is 24.7 Å². The minimum atomic E-state index is -0.546. The molecule has 0 atom stereocenters. The average Bonchev–Trinajstić information content (AvgIpc) is 2.73. The number of nitrogens with zero attached hydrogens (tertiary/aromatic N) is 5. The molecule has 0 saturated heterocycles. The van der Waals surface area contributed by atoms with Crippen molar-refractivity contribution < 1.29 is 9.66 Å². The number of ether oxygens (including phenoxy) is 1. The van der Waals surface area contributed by atoms with Crippen molar-refractivity contribution in [3.8, 4) is 11.8 Å². The summed E-state index contributed by atoms with van der Waals surface area (Å²) in [6.45, 7) is 1.73. The number of nitro groups is 1. The van der Waals surface area contributed by atoms with Gasteiger partial charge in [-0.15, -0.1) is 0 Å². The average molecular weight is 470 g/mol. The second-order valence-corrected chi connectivity index (χ2v) is 7.14. The second-order valence-electron chi connectivity index (χ2n) is 6.23. The van der Waals surface area contributed by atoms with E-state index < -0.39 is 4.92 Å². The summed E-state index contributed by atoms with van der Waals surface area (Å²) in [6.07, 6.45) is 2.56. The van der Waals surface area contributed by atoms with E-state index in [2.05, 4.69) is 26.0 Å². The molecular weight excluding hydrogens is 454 g/mol. The molecule has 0 aliphatic heterocycles. The van der Waals surface area contributed by atoms with Crippen molar-refractivity contribution in [3.63, 3.8) is 0 Å². The molecule has 1 heterocycles. The number of aromatic nitrogens is 2. The normalized spacial score (nSPS) is 11.0. The maximum atomic E-state index is 13.0. The zero-order valence-electron chi connectivity index (χ0n) is 15.9. The molecule has 2 aromatic carbocycles. The summed E-state index contributed by atoms with van der Waals surface area (Å²) in [5.74, 6) is 0.714. The van der Waals surface area contributed by atoms with Crippen LogP contribution in [0.15, 0.2) is 50.8 Å². The van der Waals surface area contributed by atoms with E-state index in [0.29, 0.717) is 23.1 Å². The van der Waals surface area contributed by atoms with Crippen LogP contribution in [0.3, 0.4) is 0 Å². The third-order valence-corrected chi connectivity index (χ3v) is 4.65. The Kier molecular flexibility index (Phi) is 6.54. The number of hydrogen-bond donors (Lipinski definition) is 0. The molecule has 0 N–H and O–H groups in total. The third-order valence-electron chi connectivity index (χ3n) is 4.16. The van der Waals surface area contributed by atoms with Gasteiger partial charge in [-0.25, -0.2) is 4.98 Å². The standard InChI is InChI=1S/C20H16BrN5O4/c1-2-3-19-24-17-6-4-14(21)11-16(17)20(27)25(19)23-12-13-10-15(26(28)29)5-7-18(13)30-9-8-22/h4-7,10-12H,2-3,9H2,1H3. The summed E-state index contributed by atoms with van der Waals surface area (Å²) < 4.78 is 7.24. The summed E-state index contributed by atoms with van der Waals surface area (Å²) in [7, 11) is 0. The lowest BCUT2D eigenvalue weighted by Crippen LogP contribution is -2.22. The number of halogens is 1. The van der Waals surface area contributed by atoms with Crippen molar-refractivity contribution in [2.75, 3.05) is 6.61 Å². The van der Waals surface area contributed by atoms with Crippen LogP contribution in [0.4, 0.5) is 5.69 Å². The second kappa shape index (κ2) is 9.28. The number of nitro benzene ring substituents is 1. The Hall–Kier alpha value is -3.58. The van der Waals surface area contributed by atoms with E-state index in [4.69, 9.17) is 10.00 Å². The van der Waals surface area contributed by atoms with Gasteiger partial charge in [-0.3, -0.25) is 14.9 Å². The van der Waals surface area contributed by atoms with Gasteiger partial charge in [0.1, 0.15) is 17.6 Å². The Bertz CT molecular complexity index is 1250. The molecular formula is C20H16BrN5O4. The molecule has 152 valence electrons. The number of fused-ring (bicyclic) bond motifs is 1. The van der Waals surface area contributed by atoms with Crippen LogP contribution in [0.2, 0.25) is 0 Å². The van der Waals surface area contributed by atoms with Crippen LogP contribution in [-0.2, 0) is 6.42 Å². The summed E-state index contributed by atoms with van der Waals surface area (Å²) in [4.78, 5) is 28.2. The van der Waals surface area contributed by atoms with Gasteiger partial charge in [0.15, 0.2) is 6.61 Å². The van der Waals surface area contributed by atoms with Crippen molar-refractivity contribution in [1.29, 1.82) is 5.26 Å². The first-order chi connectivity index (χ1) is 14.4.